The zero-order chi connectivity index (χ0) is 85.9. The van der Waals surface area contributed by atoms with Gasteiger partial charge in [-0.05, 0) is 262 Å². The van der Waals surface area contributed by atoms with E-state index >= 15 is 0 Å². The lowest BCUT2D eigenvalue weighted by molar-refractivity contribution is 0.661. The molecule has 21 aromatic rings. The summed E-state index contributed by atoms with van der Waals surface area (Å²) in [5.41, 5.74) is 28.8. The third-order valence-corrected chi connectivity index (χ3v) is 24.5. The Labute approximate surface area is 735 Å². The normalized spacial score (nSPS) is 12.5. The fourth-order valence-corrected chi connectivity index (χ4v) is 18.4. The van der Waals surface area contributed by atoms with E-state index in [4.69, 9.17) is 15.0 Å². The van der Waals surface area contributed by atoms with Gasteiger partial charge in [0.1, 0.15) is 17.5 Å². The minimum absolute atomic E-state index is 0.298. The molecule has 0 saturated carbocycles. The van der Waals surface area contributed by atoms with Crippen molar-refractivity contribution in [1.29, 1.82) is 0 Å². The zero-order valence-corrected chi connectivity index (χ0v) is 70.8. The molecule has 0 aliphatic heterocycles. The number of pyridine rings is 6. The smallest absolute Gasteiger partial charge is 0.165 e. The Morgan fingerprint density at radius 2 is 0.441 bits per heavy atom. The van der Waals surface area contributed by atoms with E-state index in [1.54, 1.807) is 62.0 Å². The van der Waals surface area contributed by atoms with Crippen molar-refractivity contribution >= 4 is 43.1 Å². The van der Waals surface area contributed by atoms with Crippen molar-refractivity contribution in [3.63, 3.8) is 0 Å². The van der Waals surface area contributed by atoms with Gasteiger partial charge in [0.05, 0.1) is 11.4 Å². The van der Waals surface area contributed by atoms with Gasteiger partial charge in [-0.1, -0.05) is 222 Å². The van der Waals surface area contributed by atoms with Crippen LogP contribution in [0.4, 0.5) is 0 Å². The molecule has 0 radical (unpaired) electrons. The summed E-state index contributed by atoms with van der Waals surface area (Å²) in [6, 6.07) is 108. The molecule has 2 aliphatic carbocycles. The number of aryl methyl sites for hydroxylation is 3. The highest BCUT2D eigenvalue weighted by Crippen LogP contribution is 2.57. The summed E-state index contributed by atoms with van der Waals surface area (Å²) in [5.74, 6) is 5.84. The first-order chi connectivity index (χ1) is 62.2. The Hall–Kier alpha value is -16.4. The fraction of sp³-hybridized carbons (Fsp3) is 0.0804. The van der Waals surface area contributed by atoms with Gasteiger partial charge in [-0.25, -0.2) is 44.9 Å². The Morgan fingerprint density at radius 3 is 0.732 bits per heavy atom. The molecule has 9 aromatic heterocycles. The van der Waals surface area contributed by atoms with Gasteiger partial charge in [-0.3, -0.25) is 29.9 Å². The maximum absolute atomic E-state index is 5.33. The molecule has 604 valence electrons. The van der Waals surface area contributed by atoms with Crippen LogP contribution >= 0.6 is 0 Å². The van der Waals surface area contributed by atoms with Crippen molar-refractivity contribution in [2.75, 3.05) is 0 Å². The van der Waals surface area contributed by atoms with Gasteiger partial charge in [0.2, 0.25) is 0 Å². The Morgan fingerprint density at radius 1 is 0.189 bits per heavy atom. The number of hydrogen-bond acceptors (Lipinski definition) is 15. The van der Waals surface area contributed by atoms with Crippen molar-refractivity contribution in [1.82, 2.24) is 74.8 Å². The van der Waals surface area contributed by atoms with Crippen LogP contribution in [0.5, 0.6) is 0 Å². The molecule has 0 fully saturated rings. The van der Waals surface area contributed by atoms with Crippen molar-refractivity contribution < 1.29 is 0 Å². The van der Waals surface area contributed by atoms with E-state index in [2.05, 4.69) is 318 Å². The van der Waals surface area contributed by atoms with E-state index in [0.29, 0.717) is 52.4 Å². The topological polar surface area (TPSA) is 193 Å². The van der Waals surface area contributed by atoms with Gasteiger partial charge in [-0.15, -0.1) is 0 Å². The van der Waals surface area contributed by atoms with Crippen LogP contribution in [0, 0.1) is 20.8 Å². The molecule has 15 nitrogen and oxygen atoms in total. The zero-order valence-electron chi connectivity index (χ0n) is 70.8. The van der Waals surface area contributed by atoms with Crippen LogP contribution in [-0.2, 0) is 10.8 Å². The van der Waals surface area contributed by atoms with Gasteiger partial charge in [0, 0.05) is 117 Å². The maximum Gasteiger partial charge on any atom is 0.165 e. The lowest BCUT2D eigenvalue weighted by Crippen LogP contribution is -2.15. The van der Waals surface area contributed by atoms with E-state index < -0.39 is 0 Å². The van der Waals surface area contributed by atoms with Gasteiger partial charge in [0.25, 0.3) is 0 Å². The van der Waals surface area contributed by atoms with E-state index in [-0.39, 0.29) is 10.8 Å². The number of benzene rings is 12. The summed E-state index contributed by atoms with van der Waals surface area (Å²) < 4.78 is 0. The summed E-state index contributed by atoms with van der Waals surface area (Å²) >= 11 is 0. The molecule has 15 heteroatoms. The summed E-state index contributed by atoms with van der Waals surface area (Å²) in [7, 11) is 0. The van der Waals surface area contributed by atoms with Crippen LogP contribution in [0.1, 0.15) is 67.4 Å². The second-order valence-corrected chi connectivity index (χ2v) is 33.1. The Bertz CT molecular complexity index is 7340. The number of hydrogen-bond donors (Lipinski definition) is 0. The van der Waals surface area contributed by atoms with Gasteiger partial charge < -0.3 is 0 Å². The molecule has 12 aromatic carbocycles. The summed E-state index contributed by atoms with van der Waals surface area (Å²) in [6.07, 6.45) is 17.4. The first-order valence-corrected chi connectivity index (χ1v) is 42.5. The second kappa shape index (κ2) is 32.5. The van der Waals surface area contributed by atoms with Crippen LogP contribution in [0.25, 0.3) is 201 Å². The van der Waals surface area contributed by atoms with E-state index in [1.807, 2.05) is 93.6 Å². The third-order valence-electron chi connectivity index (χ3n) is 24.5. The average molecular weight is 1640 g/mol. The number of rotatable bonds is 12. The largest absolute Gasteiger partial charge is 0.265 e. The Balaban J connectivity index is 0.000000159. The van der Waals surface area contributed by atoms with E-state index in [9.17, 15) is 0 Å². The molecular formula is C112H81N15. The predicted octanol–water partition coefficient (Wildman–Crippen LogP) is 26.1. The highest BCUT2D eigenvalue weighted by molar-refractivity contribution is 6.24. The molecular weight excluding hydrogens is 1560 g/mol. The molecule has 0 amide bonds. The van der Waals surface area contributed by atoms with Crippen molar-refractivity contribution in [3.8, 4) is 158 Å². The molecule has 0 saturated heterocycles. The first-order valence-electron chi connectivity index (χ1n) is 42.5. The maximum atomic E-state index is 5.33. The van der Waals surface area contributed by atoms with E-state index in [0.717, 1.165) is 55.9 Å². The molecule has 2 aliphatic rings. The SMILES string of the molecule is Cc1nc(-c2ccc(-c3ccncc3)nc2)nc(-c2ccc(-c3ccncc3)nc2)n1.Cc1nc(-c2ccc3c(c2)C(C)(C)c2cc4c(-c5ccccc5)c5ccccc5c(-c5ccccc5)c4cc2-3)nc(-c2ccc3c(c2)C(C)(C)c2cc4c(-c5ccccc5)c5ccccc5c(-c5ccccc5)c4cc2-3)n1.Cc1nc(-c2ccncc2)nc(-c2ccncc2)n1. The van der Waals surface area contributed by atoms with Gasteiger partial charge in [0.15, 0.2) is 34.9 Å². The molecule has 0 bridgehead atoms. The standard InChI is InChI=1S/C74H53N3.C24H17N7.C14H11N5/c1-44-75-71(49-34-36-51-57-40-59-61(42-65(57)73(2,3)63(51)38-49)69(47-26-14-8-15-27-47)55-32-20-18-30-53(55)67(59)45-22-10-6-11-23-45)77-72(76-44)50-35-37-52-58-41-60-62(43-66(58)74(4,5)64(52)39-50)70(48-28-16-9-17-29-48)56-33-21-19-31-54(56)68(60)46-24-12-7-13-25-46;1-16-29-23(19-2-4-21(27-14-19)17-6-10-25-11-7-17)31-24(30-16)20-3-5-22(28-15-20)18-8-12-26-13-9-18;1-10-17-13(11-2-6-15-7-3-11)19-14(18-10)12-4-8-16-9-5-12/h6-43H,1-5H3;2-15H,1H3;2-9H,1H3. The number of aromatic nitrogens is 15. The number of fused-ring (bicyclic) bond motifs is 10. The molecule has 127 heavy (non-hydrogen) atoms. The van der Waals surface area contributed by atoms with Gasteiger partial charge >= 0.3 is 0 Å². The average Bonchev–Trinajstić information content (AvgIpc) is 1.56. The van der Waals surface area contributed by atoms with Crippen LogP contribution in [0.15, 0.2) is 365 Å². The van der Waals surface area contributed by atoms with Crippen LogP contribution < -0.4 is 0 Å². The van der Waals surface area contributed by atoms with Crippen molar-refractivity contribution in [2.45, 2.75) is 59.3 Å². The third kappa shape index (κ3) is 14.5. The van der Waals surface area contributed by atoms with Crippen LogP contribution in [0.2, 0.25) is 0 Å². The molecule has 0 N–H and O–H groups in total. The van der Waals surface area contributed by atoms with Crippen molar-refractivity contribution in [2.24, 2.45) is 0 Å². The lowest BCUT2D eigenvalue weighted by Gasteiger charge is -2.24. The molecule has 0 atom stereocenters. The Kier molecular flexibility index (Phi) is 19.9. The van der Waals surface area contributed by atoms with E-state index in [1.165, 1.54) is 132 Å². The highest BCUT2D eigenvalue weighted by atomic mass is 15.0. The van der Waals surface area contributed by atoms with Gasteiger partial charge in [-0.2, -0.15) is 0 Å². The van der Waals surface area contributed by atoms with Crippen LogP contribution in [0.3, 0.4) is 0 Å². The quantitative estimate of drug-likeness (QED) is 0.105. The minimum atomic E-state index is -0.298. The molecule has 23 rings (SSSR count). The lowest BCUT2D eigenvalue weighted by atomic mass is 9.79. The summed E-state index contributed by atoms with van der Waals surface area (Å²) in [6.45, 7) is 15.2. The predicted molar refractivity (Wildman–Crippen MR) is 511 cm³/mol. The molecule has 9 heterocycles. The first kappa shape index (κ1) is 77.9. The highest BCUT2D eigenvalue weighted by Gasteiger charge is 2.39. The molecule has 0 unspecified atom stereocenters. The second-order valence-electron chi connectivity index (χ2n) is 33.1. The summed E-state index contributed by atoms with van der Waals surface area (Å²) in [4.78, 5) is 67.5. The fourth-order valence-electron chi connectivity index (χ4n) is 18.4. The monoisotopic (exact) mass is 1640 g/mol. The van der Waals surface area contributed by atoms with Crippen LogP contribution in [-0.4, -0.2) is 74.8 Å². The molecule has 0 spiro atoms. The number of nitrogens with zero attached hydrogens (tertiary/aromatic N) is 15. The minimum Gasteiger partial charge on any atom is -0.265 e. The van der Waals surface area contributed by atoms with Crippen molar-refractivity contribution in [3.05, 3.63) is 405 Å². The summed E-state index contributed by atoms with van der Waals surface area (Å²) in [5, 5.41) is 10.1.